The Kier molecular flexibility index (Phi) is 14.6. The number of carbonyl (C=O) groups is 3. The molecule has 1 aromatic carbocycles. The van der Waals surface area contributed by atoms with Crippen LogP contribution >= 0.6 is 0 Å². The van der Waals surface area contributed by atoms with E-state index < -0.39 is 11.6 Å². The maximum absolute atomic E-state index is 13.3. The highest BCUT2D eigenvalue weighted by atomic mass is 16.3. The van der Waals surface area contributed by atoms with Gasteiger partial charge in [0.15, 0.2) is 5.78 Å². The van der Waals surface area contributed by atoms with Crippen LogP contribution in [0.1, 0.15) is 122 Å². The molecule has 0 unspecified atom stereocenters. The van der Waals surface area contributed by atoms with E-state index in [4.69, 9.17) is 4.42 Å². The number of furan rings is 1. The van der Waals surface area contributed by atoms with Crippen LogP contribution in [0.15, 0.2) is 91.7 Å². The molecule has 0 radical (unpaired) electrons. The molecule has 0 bridgehead atoms. The number of aliphatic hydroxyl groups is 1. The first-order valence-electron chi connectivity index (χ1n) is 17.6. The van der Waals surface area contributed by atoms with Crippen molar-refractivity contribution >= 4 is 29.0 Å². The molecule has 2 aromatic rings. The second-order valence-corrected chi connectivity index (χ2v) is 14.3. The molecule has 0 saturated carbocycles. The number of hydrogen-bond donors (Lipinski definition) is 3. The summed E-state index contributed by atoms with van der Waals surface area (Å²) >= 11 is 0. The quantitative estimate of drug-likeness (QED) is 0.0691. The summed E-state index contributed by atoms with van der Waals surface area (Å²) in [6.07, 6.45) is 13.9. The average Bonchev–Trinajstić information content (AvgIpc) is 3.39. The fourth-order valence-electron chi connectivity index (χ4n) is 6.10. The largest absolute Gasteiger partial charge is 0.508 e. The van der Waals surface area contributed by atoms with Gasteiger partial charge in [0.2, 0.25) is 11.6 Å². The Balaban J connectivity index is 1.82. The van der Waals surface area contributed by atoms with Gasteiger partial charge in [0.05, 0.1) is 5.57 Å². The maximum Gasteiger partial charge on any atom is 0.233 e. The number of ketones is 3. The molecule has 1 aliphatic carbocycles. The minimum Gasteiger partial charge on any atom is -0.508 e. The van der Waals surface area contributed by atoms with Crippen LogP contribution in [-0.4, -0.2) is 32.7 Å². The van der Waals surface area contributed by atoms with Crippen molar-refractivity contribution in [3.63, 3.8) is 0 Å². The molecule has 3 rings (SSSR count). The van der Waals surface area contributed by atoms with E-state index in [1.165, 1.54) is 0 Å². The molecule has 0 atom stereocenters. The van der Waals surface area contributed by atoms with E-state index in [1.54, 1.807) is 25.1 Å². The normalized spacial score (nSPS) is 14.4. The fraction of sp³-hybridized carbons (Fsp3) is 0.386. The van der Waals surface area contributed by atoms with E-state index in [2.05, 4.69) is 0 Å². The van der Waals surface area contributed by atoms with Gasteiger partial charge >= 0.3 is 0 Å². The molecule has 1 aromatic heterocycles. The lowest BCUT2D eigenvalue weighted by Crippen LogP contribution is -2.25. The molecular weight excluding hydrogens is 640 g/mol. The third-order valence-electron chi connectivity index (χ3n) is 8.81. The van der Waals surface area contributed by atoms with Crippen LogP contribution in [0.4, 0.5) is 0 Å². The summed E-state index contributed by atoms with van der Waals surface area (Å²) in [5.41, 5.74) is 7.64. The molecule has 1 heterocycles. The van der Waals surface area contributed by atoms with E-state index in [-0.39, 0.29) is 46.2 Å². The monoisotopic (exact) mass is 694 g/mol. The molecule has 0 amide bonds. The number of aliphatic hydroxyl groups excluding tert-OH is 1. The van der Waals surface area contributed by atoms with Crippen molar-refractivity contribution in [2.24, 2.45) is 0 Å². The van der Waals surface area contributed by atoms with Crippen molar-refractivity contribution < 1.29 is 34.1 Å². The fourth-order valence-corrected chi connectivity index (χ4v) is 6.10. The van der Waals surface area contributed by atoms with Gasteiger partial charge in [-0.2, -0.15) is 0 Å². The first-order valence-corrected chi connectivity index (χ1v) is 17.6. The number of phenols is 2. The molecule has 7 heteroatoms. The van der Waals surface area contributed by atoms with Gasteiger partial charge in [0, 0.05) is 23.1 Å². The van der Waals surface area contributed by atoms with Crippen molar-refractivity contribution in [1.82, 2.24) is 0 Å². The number of allylic oxidation sites excluding steroid dienone is 12. The van der Waals surface area contributed by atoms with Gasteiger partial charge in [0.25, 0.3) is 0 Å². The van der Waals surface area contributed by atoms with Gasteiger partial charge < -0.3 is 19.7 Å². The number of phenolic OH excluding ortho intramolecular Hbond substituents is 2. The number of hydrogen-bond acceptors (Lipinski definition) is 7. The summed E-state index contributed by atoms with van der Waals surface area (Å²) in [5.74, 6) is -0.403. The van der Waals surface area contributed by atoms with Crippen LogP contribution in [0, 0.1) is 6.92 Å². The molecule has 7 nitrogen and oxygen atoms in total. The number of Topliss-reactive ketones (excluding diaryl/α,β-unsaturated/α-hetero) is 2. The van der Waals surface area contributed by atoms with Crippen molar-refractivity contribution in [1.29, 1.82) is 0 Å². The molecule has 0 saturated heterocycles. The maximum atomic E-state index is 13.3. The Hall–Kier alpha value is -4.91. The van der Waals surface area contributed by atoms with Gasteiger partial charge in [-0.15, -0.1) is 0 Å². The first-order chi connectivity index (χ1) is 24.0. The number of aromatic hydroxyl groups is 2. The molecule has 272 valence electrons. The second kappa shape index (κ2) is 18.4. The van der Waals surface area contributed by atoms with Crippen LogP contribution < -0.4 is 0 Å². The zero-order chi connectivity index (χ0) is 38.0. The molecule has 3 N–H and O–H groups in total. The zero-order valence-corrected chi connectivity index (χ0v) is 31.8. The average molecular weight is 695 g/mol. The van der Waals surface area contributed by atoms with Crippen molar-refractivity contribution in [2.75, 3.05) is 0 Å². The van der Waals surface area contributed by atoms with Crippen LogP contribution in [0.25, 0.3) is 11.6 Å². The highest BCUT2D eigenvalue weighted by Gasteiger charge is 2.35. The van der Waals surface area contributed by atoms with Crippen molar-refractivity contribution in [3.8, 4) is 11.5 Å². The van der Waals surface area contributed by atoms with Crippen molar-refractivity contribution in [3.05, 3.63) is 115 Å². The van der Waals surface area contributed by atoms with Crippen LogP contribution in [0.3, 0.4) is 0 Å². The summed E-state index contributed by atoms with van der Waals surface area (Å²) in [7, 11) is 0. The van der Waals surface area contributed by atoms with Gasteiger partial charge in [-0.05, 0) is 149 Å². The Labute approximate surface area is 303 Å². The van der Waals surface area contributed by atoms with E-state index >= 15 is 0 Å². The van der Waals surface area contributed by atoms with Crippen LogP contribution in [0.5, 0.6) is 11.5 Å². The van der Waals surface area contributed by atoms with Gasteiger partial charge in [-0.25, -0.2) is 0 Å². The third-order valence-corrected chi connectivity index (χ3v) is 8.81. The summed E-state index contributed by atoms with van der Waals surface area (Å²) in [4.78, 5) is 38.5. The van der Waals surface area contributed by atoms with E-state index in [1.807, 2.05) is 85.8 Å². The van der Waals surface area contributed by atoms with E-state index in [0.717, 1.165) is 58.3 Å². The summed E-state index contributed by atoms with van der Waals surface area (Å²) < 4.78 is 6.27. The second-order valence-electron chi connectivity index (χ2n) is 14.3. The molecule has 0 fully saturated rings. The Morgan fingerprint density at radius 1 is 0.765 bits per heavy atom. The van der Waals surface area contributed by atoms with Gasteiger partial charge in [0.1, 0.15) is 28.8 Å². The highest BCUT2D eigenvalue weighted by Crippen LogP contribution is 2.38. The SMILES string of the molecule is CC(C)=CC(=O)CC(C)=CCCC(C)=CCC1=C(O)C(c2oc(C=C(C)C)cc2CCCC(C)=CCc2c(O)cc(C)cc2O)=C(C)C(=O)C1=O. The minimum absolute atomic E-state index is 0.0477. The Morgan fingerprint density at radius 3 is 2.02 bits per heavy atom. The Morgan fingerprint density at radius 2 is 1.39 bits per heavy atom. The molecular formula is C44H54O7. The van der Waals surface area contributed by atoms with Crippen LogP contribution in [0.2, 0.25) is 0 Å². The number of rotatable bonds is 16. The summed E-state index contributed by atoms with van der Waals surface area (Å²) in [5, 5.41) is 32.1. The van der Waals surface area contributed by atoms with E-state index in [0.29, 0.717) is 42.8 Å². The van der Waals surface area contributed by atoms with Gasteiger partial charge in [-0.3, -0.25) is 14.4 Å². The number of carbonyl (C=O) groups excluding carboxylic acids is 3. The third kappa shape index (κ3) is 11.6. The summed E-state index contributed by atoms with van der Waals surface area (Å²) in [6.45, 7) is 17.0. The lowest BCUT2D eigenvalue weighted by Gasteiger charge is -2.19. The lowest BCUT2D eigenvalue weighted by atomic mass is 9.85. The number of benzene rings is 1. The topological polar surface area (TPSA) is 125 Å². The van der Waals surface area contributed by atoms with Crippen molar-refractivity contribution in [2.45, 2.75) is 114 Å². The first kappa shape index (κ1) is 40.5. The minimum atomic E-state index is -0.713. The van der Waals surface area contributed by atoms with E-state index in [9.17, 15) is 29.7 Å². The predicted molar refractivity (Wildman–Crippen MR) is 206 cm³/mol. The summed E-state index contributed by atoms with van der Waals surface area (Å²) in [6, 6.07) is 5.19. The molecule has 0 spiro atoms. The smallest absolute Gasteiger partial charge is 0.233 e. The predicted octanol–water partition coefficient (Wildman–Crippen LogP) is 10.7. The number of aryl methyl sites for hydroxylation is 2. The Bertz CT molecular complexity index is 1860. The standard InChI is InChI=1S/C44H54O7/c1-26(2)20-34(45)22-30(7)14-10-12-28(5)17-19-37-42(49)40(32(9)41(48)43(37)50)44-33(25-35(51-44)21-27(3)4)15-11-13-29(6)16-18-36-38(46)23-31(8)24-39(36)47/h14,16-17,20-21,23-25,46-47,49H,10-13,15,18-19,22H2,1-9H3. The molecule has 1 aliphatic rings. The lowest BCUT2D eigenvalue weighted by molar-refractivity contribution is -0.132. The zero-order valence-electron chi connectivity index (χ0n) is 31.8. The molecule has 51 heavy (non-hydrogen) atoms. The van der Waals surface area contributed by atoms with Crippen LogP contribution in [-0.2, 0) is 27.2 Å². The highest BCUT2D eigenvalue weighted by molar-refractivity contribution is 6.52. The van der Waals surface area contributed by atoms with Gasteiger partial charge in [-0.1, -0.05) is 46.1 Å². The molecule has 0 aliphatic heterocycles.